The zero-order valence-corrected chi connectivity index (χ0v) is 6.93. The average molecular weight is 160 g/mol. The van der Waals surface area contributed by atoms with Gasteiger partial charge in [-0.2, -0.15) is 12.6 Å². The molecule has 0 heterocycles. The molecule has 0 spiro atoms. The van der Waals surface area contributed by atoms with Crippen LogP contribution in [0.4, 0.5) is 0 Å². The number of thiol groups is 1. The Morgan fingerprint density at radius 2 is 2.30 bits per heavy atom. The molecule has 1 atom stereocenters. The normalized spacial score (nSPS) is 21.4. The van der Waals surface area contributed by atoms with E-state index >= 15 is 0 Å². The van der Waals surface area contributed by atoms with E-state index in [-0.39, 0.29) is 17.3 Å². The number of hydrogen-bond acceptors (Lipinski definition) is 3. The first-order chi connectivity index (χ1) is 4.70. The van der Waals surface area contributed by atoms with E-state index < -0.39 is 0 Å². The number of esters is 1. The monoisotopic (exact) mass is 160 g/mol. The molecule has 0 saturated heterocycles. The third kappa shape index (κ3) is 1.90. The van der Waals surface area contributed by atoms with E-state index in [1.807, 2.05) is 0 Å². The quantitative estimate of drug-likeness (QED) is 0.488. The lowest BCUT2D eigenvalue weighted by molar-refractivity contribution is -0.151. The van der Waals surface area contributed by atoms with Crippen molar-refractivity contribution in [1.29, 1.82) is 0 Å². The van der Waals surface area contributed by atoms with Crippen molar-refractivity contribution in [3.05, 3.63) is 0 Å². The first-order valence-corrected chi connectivity index (χ1v) is 4.10. The van der Waals surface area contributed by atoms with E-state index in [0.29, 0.717) is 0 Å². The lowest BCUT2D eigenvalue weighted by Crippen LogP contribution is -2.28. The summed E-state index contributed by atoms with van der Waals surface area (Å²) in [4.78, 5) is 10.8. The van der Waals surface area contributed by atoms with Crippen LogP contribution >= 0.6 is 12.6 Å². The topological polar surface area (TPSA) is 26.3 Å². The van der Waals surface area contributed by atoms with E-state index in [1.54, 1.807) is 6.92 Å². The fourth-order valence-corrected chi connectivity index (χ4v) is 0.812. The molecule has 0 bridgehead atoms. The maximum atomic E-state index is 10.8. The molecule has 0 aromatic carbocycles. The number of carbonyl (C=O) groups excluding carboxylic acids is 1. The van der Waals surface area contributed by atoms with Gasteiger partial charge < -0.3 is 4.74 Å². The van der Waals surface area contributed by atoms with Gasteiger partial charge in [-0.25, -0.2) is 0 Å². The van der Waals surface area contributed by atoms with Crippen molar-refractivity contribution in [2.75, 3.05) is 0 Å². The summed E-state index contributed by atoms with van der Waals surface area (Å²) in [5.74, 6) is -0.187. The smallest absolute Gasteiger partial charge is 0.318 e. The molecule has 3 heteroatoms. The van der Waals surface area contributed by atoms with E-state index in [2.05, 4.69) is 12.6 Å². The van der Waals surface area contributed by atoms with E-state index in [0.717, 1.165) is 12.8 Å². The van der Waals surface area contributed by atoms with Crippen molar-refractivity contribution in [1.82, 2.24) is 0 Å². The molecular formula is C7H12O2S. The second-order valence-corrected chi connectivity index (χ2v) is 3.44. The van der Waals surface area contributed by atoms with Gasteiger partial charge in [-0.3, -0.25) is 4.79 Å². The molecule has 0 aliphatic heterocycles. The second-order valence-electron chi connectivity index (χ2n) is 2.67. The molecule has 1 saturated carbocycles. The van der Waals surface area contributed by atoms with Crippen LogP contribution in [0.25, 0.3) is 0 Å². The SMILES string of the molecule is CC(S)C(=O)OC1CCC1. The van der Waals surface area contributed by atoms with Gasteiger partial charge in [0, 0.05) is 0 Å². The summed E-state index contributed by atoms with van der Waals surface area (Å²) in [6, 6.07) is 0. The van der Waals surface area contributed by atoms with Gasteiger partial charge in [0.2, 0.25) is 0 Å². The van der Waals surface area contributed by atoms with Gasteiger partial charge in [-0.05, 0) is 26.2 Å². The Balaban J connectivity index is 2.17. The van der Waals surface area contributed by atoms with E-state index in [1.165, 1.54) is 6.42 Å². The summed E-state index contributed by atoms with van der Waals surface area (Å²) in [5, 5.41) is -0.277. The summed E-state index contributed by atoms with van der Waals surface area (Å²) in [6.07, 6.45) is 3.46. The summed E-state index contributed by atoms with van der Waals surface area (Å²) in [5.41, 5.74) is 0. The van der Waals surface area contributed by atoms with Crippen LogP contribution in [0.1, 0.15) is 26.2 Å². The van der Waals surface area contributed by atoms with Crippen LogP contribution in [0, 0.1) is 0 Å². The van der Waals surface area contributed by atoms with Gasteiger partial charge in [0.1, 0.15) is 6.10 Å². The Kier molecular flexibility index (Phi) is 2.60. The van der Waals surface area contributed by atoms with E-state index in [4.69, 9.17) is 4.74 Å². The molecule has 1 unspecified atom stereocenters. The van der Waals surface area contributed by atoms with Crippen LogP contribution in [0.2, 0.25) is 0 Å². The zero-order valence-electron chi connectivity index (χ0n) is 6.04. The van der Waals surface area contributed by atoms with E-state index in [9.17, 15) is 4.79 Å². The predicted molar refractivity (Wildman–Crippen MR) is 42.2 cm³/mol. The van der Waals surface area contributed by atoms with Gasteiger partial charge in [0.25, 0.3) is 0 Å². The molecule has 0 radical (unpaired) electrons. The Bertz CT molecular complexity index is 130. The van der Waals surface area contributed by atoms with Gasteiger partial charge in [0.05, 0.1) is 5.25 Å². The molecule has 1 aliphatic carbocycles. The third-order valence-electron chi connectivity index (χ3n) is 1.68. The van der Waals surface area contributed by atoms with Crippen LogP contribution in [-0.2, 0) is 9.53 Å². The molecule has 0 aromatic heterocycles. The Labute approximate surface area is 66.4 Å². The van der Waals surface area contributed by atoms with Crippen molar-refractivity contribution in [3.63, 3.8) is 0 Å². The average Bonchev–Trinajstić information content (AvgIpc) is 1.77. The first kappa shape index (κ1) is 7.92. The Morgan fingerprint density at radius 1 is 1.70 bits per heavy atom. The number of carbonyl (C=O) groups is 1. The highest BCUT2D eigenvalue weighted by Gasteiger charge is 2.22. The van der Waals surface area contributed by atoms with Crippen LogP contribution in [0.5, 0.6) is 0 Å². The predicted octanol–water partition coefficient (Wildman–Crippen LogP) is 1.40. The van der Waals surface area contributed by atoms with Gasteiger partial charge >= 0.3 is 5.97 Å². The molecule has 0 aromatic rings. The molecule has 0 amide bonds. The Hall–Kier alpha value is -0.180. The minimum atomic E-state index is -0.277. The fourth-order valence-electron chi connectivity index (χ4n) is 0.751. The van der Waals surface area contributed by atoms with Crippen molar-refractivity contribution in [2.24, 2.45) is 0 Å². The molecule has 1 fully saturated rings. The summed E-state index contributed by atoms with van der Waals surface area (Å²) < 4.78 is 5.03. The van der Waals surface area contributed by atoms with Crippen molar-refractivity contribution in [3.8, 4) is 0 Å². The first-order valence-electron chi connectivity index (χ1n) is 3.58. The molecule has 0 N–H and O–H groups in total. The van der Waals surface area contributed by atoms with Gasteiger partial charge in [0.15, 0.2) is 0 Å². The summed E-state index contributed by atoms with van der Waals surface area (Å²) in [7, 11) is 0. The van der Waals surface area contributed by atoms with Crippen LogP contribution < -0.4 is 0 Å². The minimum absolute atomic E-state index is 0.187. The zero-order chi connectivity index (χ0) is 7.56. The molecule has 58 valence electrons. The summed E-state index contributed by atoms with van der Waals surface area (Å²) in [6.45, 7) is 1.73. The maximum absolute atomic E-state index is 10.8. The second kappa shape index (κ2) is 3.28. The van der Waals surface area contributed by atoms with Gasteiger partial charge in [-0.15, -0.1) is 0 Å². The highest BCUT2D eigenvalue weighted by Crippen LogP contribution is 2.22. The standard InChI is InChI=1S/C7H12O2S/c1-5(10)7(8)9-6-3-2-4-6/h5-6,10H,2-4H2,1H3. The summed E-state index contributed by atoms with van der Waals surface area (Å²) >= 11 is 3.96. The number of rotatable bonds is 2. The van der Waals surface area contributed by atoms with Crippen molar-refractivity contribution in [2.45, 2.75) is 37.5 Å². The van der Waals surface area contributed by atoms with Gasteiger partial charge in [-0.1, -0.05) is 0 Å². The van der Waals surface area contributed by atoms with Crippen LogP contribution in [0.15, 0.2) is 0 Å². The lowest BCUT2D eigenvalue weighted by Gasteiger charge is -2.25. The van der Waals surface area contributed by atoms with Crippen molar-refractivity contribution >= 4 is 18.6 Å². The van der Waals surface area contributed by atoms with Crippen LogP contribution in [-0.4, -0.2) is 17.3 Å². The maximum Gasteiger partial charge on any atom is 0.318 e. The molecule has 2 nitrogen and oxygen atoms in total. The molecule has 10 heavy (non-hydrogen) atoms. The largest absolute Gasteiger partial charge is 0.462 e. The number of hydrogen-bond donors (Lipinski definition) is 1. The number of ether oxygens (including phenoxy) is 1. The van der Waals surface area contributed by atoms with Crippen LogP contribution in [0.3, 0.4) is 0 Å². The highest BCUT2D eigenvalue weighted by molar-refractivity contribution is 7.81. The molecular weight excluding hydrogens is 148 g/mol. The van der Waals surface area contributed by atoms with Crippen molar-refractivity contribution < 1.29 is 9.53 Å². The fraction of sp³-hybridized carbons (Fsp3) is 0.857. The molecule has 1 rings (SSSR count). The molecule has 1 aliphatic rings. The lowest BCUT2D eigenvalue weighted by atomic mass is 9.96. The minimum Gasteiger partial charge on any atom is -0.462 e. The highest BCUT2D eigenvalue weighted by atomic mass is 32.1. The third-order valence-corrected chi connectivity index (χ3v) is 1.89. The Morgan fingerprint density at radius 3 is 2.60 bits per heavy atom.